The zero-order valence-electron chi connectivity index (χ0n) is 12.0. The van der Waals surface area contributed by atoms with Gasteiger partial charge in [0.05, 0.1) is 17.9 Å². The maximum absolute atomic E-state index is 13.6. The molecular formula is C15H15FN2O4. The number of hydrogen-bond acceptors (Lipinski definition) is 4. The molecule has 1 N–H and O–H groups in total. The van der Waals surface area contributed by atoms with E-state index in [4.69, 9.17) is 9.15 Å². The van der Waals surface area contributed by atoms with Gasteiger partial charge in [-0.1, -0.05) is 0 Å². The maximum atomic E-state index is 13.6. The highest BCUT2D eigenvalue weighted by molar-refractivity contribution is 6.05. The number of methoxy groups -OCH3 is 1. The standard InChI is InChI=1S/C15H15FN2O4/c1-21-8-13(19)17-11-6-18(7-11)15(20)12-5-10(16)4-9-2-3-22-14(9)12/h2-5,11H,6-8H2,1H3,(H,17,19). The SMILES string of the molecule is COCC(=O)NC1CN(C(=O)c2cc(F)cc3ccoc23)C1. The molecule has 1 aromatic carbocycles. The highest BCUT2D eigenvalue weighted by Gasteiger charge is 2.33. The van der Waals surface area contributed by atoms with Crippen molar-refractivity contribution in [3.8, 4) is 0 Å². The van der Waals surface area contributed by atoms with Crippen LogP contribution in [0.2, 0.25) is 0 Å². The lowest BCUT2D eigenvalue weighted by atomic mass is 10.0. The van der Waals surface area contributed by atoms with Crippen molar-refractivity contribution >= 4 is 22.8 Å². The molecule has 2 amide bonds. The third-order valence-corrected chi connectivity index (χ3v) is 3.56. The molecule has 1 saturated heterocycles. The summed E-state index contributed by atoms with van der Waals surface area (Å²) in [4.78, 5) is 25.3. The van der Waals surface area contributed by atoms with Gasteiger partial charge < -0.3 is 19.4 Å². The second-order valence-electron chi connectivity index (χ2n) is 5.20. The first-order chi connectivity index (χ1) is 10.6. The number of amides is 2. The molecular weight excluding hydrogens is 291 g/mol. The van der Waals surface area contributed by atoms with Crippen molar-refractivity contribution in [3.05, 3.63) is 35.8 Å². The lowest BCUT2D eigenvalue weighted by molar-refractivity contribution is -0.126. The molecule has 1 aromatic heterocycles. The van der Waals surface area contributed by atoms with E-state index in [1.807, 2.05) is 0 Å². The summed E-state index contributed by atoms with van der Waals surface area (Å²) < 4.78 is 23.6. The van der Waals surface area contributed by atoms with Gasteiger partial charge in [0, 0.05) is 25.6 Å². The number of halogens is 1. The summed E-state index contributed by atoms with van der Waals surface area (Å²) in [6.07, 6.45) is 1.42. The van der Waals surface area contributed by atoms with Gasteiger partial charge in [0.1, 0.15) is 18.0 Å². The molecule has 22 heavy (non-hydrogen) atoms. The molecule has 0 aliphatic carbocycles. The molecule has 0 bridgehead atoms. The number of likely N-dealkylation sites (tertiary alicyclic amines) is 1. The average molecular weight is 306 g/mol. The number of furan rings is 1. The average Bonchev–Trinajstić information content (AvgIpc) is 2.89. The van der Waals surface area contributed by atoms with Crippen LogP contribution in [0.4, 0.5) is 4.39 Å². The molecule has 7 heteroatoms. The van der Waals surface area contributed by atoms with Crippen LogP contribution in [-0.4, -0.2) is 49.6 Å². The molecule has 1 aliphatic rings. The van der Waals surface area contributed by atoms with Crippen molar-refractivity contribution in [2.45, 2.75) is 6.04 Å². The molecule has 0 unspecified atom stereocenters. The van der Waals surface area contributed by atoms with Crippen LogP contribution >= 0.6 is 0 Å². The third kappa shape index (κ3) is 2.67. The lowest BCUT2D eigenvalue weighted by Crippen LogP contribution is -2.61. The van der Waals surface area contributed by atoms with E-state index < -0.39 is 5.82 Å². The Morgan fingerprint density at radius 1 is 1.45 bits per heavy atom. The fraction of sp³-hybridized carbons (Fsp3) is 0.333. The third-order valence-electron chi connectivity index (χ3n) is 3.56. The van der Waals surface area contributed by atoms with Crippen LogP contribution in [0.1, 0.15) is 10.4 Å². The van der Waals surface area contributed by atoms with Crippen molar-refractivity contribution in [1.29, 1.82) is 0 Å². The topological polar surface area (TPSA) is 71.8 Å². The molecule has 0 atom stereocenters. The Labute approximate surface area is 125 Å². The Morgan fingerprint density at radius 3 is 2.95 bits per heavy atom. The van der Waals surface area contributed by atoms with Gasteiger partial charge in [-0.3, -0.25) is 9.59 Å². The van der Waals surface area contributed by atoms with Gasteiger partial charge in [-0.05, 0) is 18.2 Å². The quantitative estimate of drug-likeness (QED) is 0.920. The molecule has 1 aliphatic heterocycles. The van der Waals surface area contributed by atoms with Crippen LogP contribution < -0.4 is 5.32 Å². The highest BCUT2D eigenvalue weighted by atomic mass is 19.1. The molecule has 116 valence electrons. The number of rotatable bonds is 4. The van der Waals surface area contributed by atoms with Crippen LogP contribution in [0, 0.1) is 5.82 Å². The normalized spacial score (nSPS) is 14.9. The largest absolute Gasteiger partial charge is 0.464 e. The fourth-order valence-electron chi connectivity index (χ4n) is 2.51. The van der Waals surface area contributed by atoms with E-state index in [0.717, 1.165) is 0 Å². The van der Waals surface area contributed by atoms with Crippen LogP contribution in [0.25, 0.3) is 11.0 Å². The van der Waals surface area contributed by atoms with Gasteiger partial charge in [0.2, 0.25) is 5.91 Å². The first kappa shape index (κ1) is 14.5. The second kappa shape index (κ2) is 5.76. The first-order valence-corrected chi connectivity index (χ1v) is 6.83. The van der Waals surface area contributed by atoms with Gasteiger partial charge in [-0.25, -0.2) is 4.39 Å². The summed E-state index contributed by atoms with van der Waals surface area (Å²) in [5.74, 6) is -1.02. The van der Waals surface area contributed by atoms with Gasteiger partial charge in [0.15, 0.2) is 0 Å². The van der Waals surface area contributed by atoms with E-state index >= 15 is 0 Å². The Balaban J connectivity index is 1.68. The number of carbonyl (C=O) groups is 2. The first-order valence-electron chi connectivity index (χ1n) is 6.83. The summed E-state index contributed by atoms with van der Waals surface area (Å²) in [5, 5.41) is 3.29. The highest BCUT2D eigenvalue weighted by Crippen LogP contribution is 2.24. The Morgan fingerprint density at radius 2 is 2.23 bits per heavy atom. The van der Waals surface area contributed by atoms with Crippen LogP contribution in [0.3, 0.4) is 0 Å². The lowest BCUT2D eigenvalue weighted by Gasteiger charge is -2.39. The van der Waals surface area contributed by atoms with Gasteiger partial charge in [0.25, 0.3) is 5.91 Å². The minimum Gasteiger partial charge on any atom is -0.464 e. The summed E-state index contributed by atoms with van der Waals surface area (Å²) in [5.41, 5.74) is 0.569. The molecule has 0 saturated carbocycles. The Kier molecular flexibility index (Phi) is 3.81. The Bertz CT molecular complexity index is 721. The van der Waals surface area contributed by atoms with Gasteiger partial charge in [-0.15, -0.1) is 0 Å². The molecule has 6 nitrogen and oxygen atoms in total. The van der Waals surface area contributed by atoms with E-state index in [9.17, 15) is 14.0 Å². The van der Waals surface area contributed by atoms with E-state index in [0.29, 0.717) is 24.1 Å². The molecule has 1 fully saturated rings. The maximum Gasteiger partial charge on any atom is 0.257 e. The second-order valence-corrected chi connectivity index (χ2v) is 5.20. The molecule has 2 heterocycles. The fourth-order valence-corrected chi connectivity index (χ4v) is 2.51. The number of hydrogen-bond donors (Lipinski definition) is 1. The van der Waals surface area contributed by atoms with Crippen molar-refractivity contribution in [2.75, 3.05) is 26.8 Å². The van der Waals surface area contributed by atoms with E-state index in [1.165, 1.54) is 30.4 Å². The van der Waals surface area contributed by atoms with Crippen LogP contribution in [-0.2, 0) is 9.53 Å². The van der Waals surface area contributed by atoms with Gasteiger partial charge in [-0.2, -0.15) is 0 Å². The molecule has 0 radical (unpaired) electrons. The summed E-state index contributed by atoms with van der Waals surface area (Å²) >= 11 is 0. The van der Waals surface area contributed by atoms with Crippen molar-refractivity contribution < 1.29 is 23.1 Å². The monoisotopic (exact) mass is 306 g/mol. The van der Waals surface area contributed by atoms with Crippen LogP contribution in [0.15, 0.2) is 28.9 Å². The van der Waals surface area contributed by atoms with E-state index in [2.05, 4.69) is 5.32 Å². The summed E-state index contributed by atoms with van der Waals surface area (Å²) in [6, 6.07) is 4.00. The number of carbonyl (C=O) groups excluding carboxylic acids is 2. The van der Waals surface area contributed by atoms with E-state index in [1.54, 1.807) is 6.07 Å². The van der Waals surface area contributed by atoms with E-state index in [-0.39, 0.29) is 30.0 Å². The number of nitrogens with one attached hydrogen (secondary N) is 1. The number of benzene rings is 1. The number of fused-ring (bicyclic) bond motifs is 1. The van der Waals surface area contributed by atoms with Crippen molar-refractivity contribution in [1.82, 2.24) is 10.2 Å². The van der Waals surface area contributed by atoms with Crippen LogP contribution in [0.5, 0.6) is 0 Å². The number of ether oxygens (including phenoxy) is 1. The minimum atomic E-state index is -0.484. The predicted octanol–water partition coefficient (Wildman–Crippen LogP) is 1.16. The summed E-state index contributed by atoms with van der Waals surface area (Å²) in [7, 11) is 1.44. The zero-order chi connectivity index (χ0) is 15.7. The smallest absolute Gasteiger partial charge is 0.257 e. The minimum absolute atomic E-state index is 0.0125. The Hall–Kier alpha value is -2.41. The number of nitrogens with zero attached hydrogens (tertiary/aromatic N) is 1. The molecule has 0 spiro atoms. The molecule has 2 aromatic rings. The predicted molar refractivity (Wildman–Crippen MR) is 75.9 cm³/mol. The van der Waals surface area contributed by atoms with Gasteiger partial charge >= 0.3 is 0 Å². The van der Waals surface area contributed by atoms with Crippen molar-refractivity contribution in [2.24, 2.45) is 0 Å². The summed E-state index contributed by atoms with van der Waals surface area (Å²) in [6.45, 7) is 0.751. The zero-order valence-corrected chi connectivity index (χ0v) is 12.0. The molecule has 3 rings (SSSR count). The van der Waals surface area contributed by atoms with Crippen molar-refractivity contribution in [3.63, 3.8) is 0 Å².